The predicted octanol–water partition coefficient (Wildman–Crippen LogP) is 3.62. The van der Waals surface area contributed by atoms with E-state index in [0.29, 0.717) is 22.8 Å². The summed E-state index contributed by atoms with van der Waals surface area (Å²) < 4.78 is 0. The number of nitrogens with two attached hydrogens (primary N) is 1. The molecule has 1 aromatic carbocycles. The summed E-state index contributed by atoms with van der Waals surface area (Å²) in [5.74, 6) is 0.000816. The lowest BCUT2D eigenvalue weighted by atomic mass is 9.96. The van der Waals surface area contributed by atoms with E-state index in [-0.39, 0.29) is 11.3 Å². The lowest BCUT2D eigenvalue weighted by molar-refractivity contribution is -0.116. The third-order valence-electron chi connectivity index (χ3n) is 2.97. The molecule has 0 spiro atoms. The second-order valence-corrected chi connectivity index (χ2v) is 7.09. The summed E-state index contributed by atoms with van der Waals surface area (Å²) in [6.07, 6.45) is 1.33. The first-order chi connectivity index (χ1) is 9.67. The van der Waals surface area contributed by atoms with Gasteiger partial charge in [-0.3, -0.25) is 4.79 Å². The molecule has 0 heterocycles. The van der Waals surface area contributed by atoms with Gasteiger partial charge in [-0.2, -0.15) is 0 Å². The minimum Gasteiger partial charge on any atom is -0.397 e. The van der Waals surface area contributed by atoms with Crippen LogP contribution in [0, 0.1) is 5.41 Å². The number of anilines is 2. The number of nitrogens with zero attached hydrogens (tertiary/aromatic N) is 1. The van der Waals surface area contributed by atoms with Gasteiger partial charge in [-0.15, -0.1) is 0 Å². The quantitative estimate of drug-likeness (QED) is 0.789. The Balaban J connectivity index is 2.33. The monoisotopic (exact) mass is 311 g/mol. The number of hydrogen-bond acceptors (Lipinski definition) is 3. The van der Waals surface area contributed by atoms with Gasteiger partial charge in [-0.05, 0) is 43.6 Å². The van der Waals surface area contributed by atoms with Gasteiger partial charge in [0.2, 0.25) is 5.91 Å². The molecule has 0 radical (unpaired) electrons. The van der Waals surface area contributed by atoms with E-state index in [4.69, 9.17) is 17.3 Å². The number of carbonyl (C=O) groups is 1. The second-order valence-electron chi connectivity index (χ2n) is 6.69. The van der Waals surface area contributed by atoms with Crippen molar-refractivity contribution in [1.82, 2.24) is 4.90 Å². The summed E-state index contributed by atoms with van der Waals surface area (Å²) in [6, 6.07) is 5.11. The highest BCUT2D eigenvalue weighted by Gasteiger charge is 2.13. The van der Waals surface area contributed by atoms with Crippen molar-refractivity contribution in [2.45, 2.75) is 33.6 Å². The summed E-state index contributed by atoms with van der Waals surface area (Å²) in [5, 5.41) is 3.33. The summed E-state index contributed by atoms with van der Waals surface area (Å²) in [4.78, 5) is 14.1. The molecule has 0 saturated heterocycles. The third kappa shape index (κ3) is 7.34. The number of carbonyl (C=O) groups excluding carboxylic acids is 1. The molecule has 0 aromatic heterocycles. The van der Waals surface area contributed by atoms with Gasteiger partial charge in [-0.1, -0.05) is 32.4 Å². The van der Waals surface area contributed by atoms with Crippen molar-refractivity contribution in [3.8, 4) is 0 Å². The fourth-order valence-corrected chi connectivity index (χ4v) is 2.36. The third-order valence-corrected chi connectivity index (χ3v) is 3.31. The van der Waals surface area contributed by atoms with Gasteiger partial charge in [0.05, 0.1) is 10.7 Å². The Morgan fingerprint density at radius 2 is 2.05 bits per heavy atom. The number of halogens is 1. The molecule has 118 valence electrons. The van der Waals surface area contributed by atoms with E-state index in [2.05, 4.69) is 38.0 Å². The number of nitrogen functional groups attached to an aromatic ring is 1. The van der Waals surface area contributed by atoms with Gasteiger partial charge in [0.15, 0.2) is 0 Å². The molecule has 0 fully saturated rings. The molecule has 21 heavy (non-hydrogen) atoms. The first kappa shape index (κ1) is 17.8. The van der Waals surface area contributed by atoms with E-state index >= 15 is 0 Å². The Morgan fingerprint density at radius 1 is 1.38 bits per heavy atom. The van der Waals surface area contributed by atoms with Crippen molar-refractivity contribution in [2.75, 3.05) is 31.2 Å². The van der Waals surface area contributed by atoms with Crippen LogP contribution < -0.4 is 11.1 Å². The molecule has 0 saturated carbocycles. The van der Waals surface area contributed by atoms with Crippen LogP contribution in [0.1, 0.15) is 33.6 Å². The Hall–Kier alpha value is -1.26. The van der Waals surface area contributed by atoms with Crippen LogP contribution in [0.4, 0.5) is 11.4 Å². The van der Waals surface area contributed by atoms with Crippen molar-refractivity contribution < 1.29 is 4.79 Å². The summed E-state index contributed by atoms with van der Waals surface area (Å²) in [6.45, 7) is 8.55. The minimum atomic E-state index is 0.000816. The minimum absolute atomic E-state index is 0.000816. The zero-order valence-electron chi connectivity index (χ0n) is 13.4. The first-order valence-electron chi connectivity index (χ1n) is 7.21. The molecular weight excluding hydrogens is 286 g/mol. The van der Waals surface area contributed by atoms with Gasteiger partial charge in [-0.25, -0.2) is 0 Å². The normalized spacial score (nSPS) is 11.7. The summed E-state index contributed by atoms with van der Waals surface area (Å²) in [5.41, 5.74) is 7.14. The fourth-order valence-electron chi connectivity index (χ4n) is 2.24. The van der Waals surface area contributed by atoms with Crippen LogP contribution in [-0.2, 0) is 4.79 Å². The molecule has 0 aliphatic carbocycles. The van der Waals surface area contributed by atoms with E-state index in [1.54, 1.807) is 18.2 Å². The Bertz CT molecular complexity index is 483. The van der Waals surface area contributed by atoms with Crippen LogP contribution in [0.25, 0.3) is 0 Å². The van der Waals surface area contributed by atoms with Crippen molar-refractivity contribution in [3.05, 3.63) is 23.2 Å². The molecule has 0 unspecified atom stereocenters. The van der Waals surface area contributed by atoms with Crippen molar-refractivity contribution >= 4 is 28.9 Å². The number of rotatable bonds is 6. The number of nitrogens with one attached hydrogen (secondary N) is 1. The Kier molecular flexibility index (Phi) is 6.49. The number of hydrogen-bond donors (Lipinski definition) is 2. The van der Waals surface area contributed by atoms with Crippen LogP contribution in [0.3, 0.4) is 0 Å². The van der Waals surface area contributed by atoms with Crippen LogP contribution in [-0.4, -0.2) is 30.9 Å². The highest BCUT2D eigenvalue weighted by atomic mass is 35.5. The largest absolute Gasteiger partial charge is 0.397 e. The number of benzene rings is 1. The molecule has 4 nitrogen and oxygen atoms in total. The highest BCUT2D eigenvalue weighted by Crippen LogP contribution is 2.22. The maximum Gasteiger partial charge on any atom is 0.224 e. The molecular formula is C16H26ClN3O. The van der Waals surface area contributed by atoms with E-state index in [0.717, 1.165) is 19.5 Å². The van der Waals surface area contributed by atoms with Gasteiger partial charge in [0.1, 0.15) is 0 Å². The molecule has 0 aliphatic rings. The maximum absolute atomic E-state index is 11.9. The van der Waals surface area contributed by atoms with Gasteiger partial charge < -0.3 is 16.0 Å². The standard InChI is InChI=1S/C16H26ClN3O/c1-16(2,3)11-20(4)9-5-6-15(21)19-12-7-8-13(17)14(18)10-12/h7-8,10H,5-6,9,11,18H2,1-4H3,(H,19,21). The van der Waals surface area contributed by atoms with E-state index in [1.807, 2.05) is 0 Å². The van der Waals surface area contributed by atoms with Crippen molar-refractivity contribution in [3.63, 3.8) is 0 Å². The van der Waals surface area contributed by atoms with Crippen LogP contribution >= 0.6 is 11.6 Å². The second kappa shape index (κ2) is 7.66. The van der Waals surface area contributed by atoms with Crippen LogP contribution in [0.2, 0.25) is 5.02 Å². The van der Waals surface area contributed by atoms with Crippen LogP contribution in [0.15, 0.2) is 18.2 Å². The lowest BCUT2D eigenvalue weighted by Gasteiger charge is -2.26. The van der Waals surface area contributed by atoms with E-state index in [1.165, 1.54) is 0 Å². The van der Waals surface area contributed by atoms with Crippen molar-refractivity contribution in [2.24, 2.45) is 5.41 Å². The topological polar surface area (TPSA) is 58.4 Å². The van der Waals surface area contributed by atoms with Crippen molar-refractivity contribution in [1.29, 1.82) is 0 Å². The van der Waals surface area contributed by atoms with E-state index < -0.39 is 0 Å². The Labute approximate surface area is 132 Å². The fraction of sp³-hybridized carbons (Fsp3) is 0.562. The average molecular weight is 312 g/mol. The molecule has 1 rings (SSSR count). The Morgan fingerprint density at radius 3 is 2.62 bits per heavy atom. The van der Waals surface area contributed by atoms with Gasteiger partial charge in [0, 0.05) is 18.7 Å². The highest BCUT2D eigenvalue weighted by molar-refractivity contribution is 6.33. The zero-order valence-corrected chi connectivity index (χ0v) is 14.1. The smallest absolute Gasteiger partial charge is 0.224 e. The molecule has 5 heteroatoms. The predicted molar refractivity (Wildman–Crippen MR) is 90.7 cm³/mol. The summed E-state index contributed by atoms with van der Waals surface area (Å²) in [7, 11) is 2.09. The molecule has 3 N–H and O–H groups in total. The number of amides is 1. The first-order valence-corrected chi connectivity index (χ1v) is 7.58. The maximum atomic E-state index is 11.9. The van der Waals surface area contributed by atoms with E-state index in [9.17, 15) is 4.79 Å². The molecule has 0 bridgehead atoms. The molecule has 1 aromatic rings. The molecule has 1 amide bonds. The van der Waals surface area contributed by atoms with Crippen LogP contribution in [0.5, 0.6) is 0 Å². The van der Waals surface area contributed by atoms with Gasteiger partial charge >= 0.3 is 0 Å². The van der Waals surface area contributed by atoms with Gasteiger partial charge in [0.25, 0.3) is 0 Å². The average Bonchev–Trinajstić information content (AvgIpc) is 2.31. The molecule has 0 atom stereocenters. The molecule has 0 aliphatic heterocycles. The SMILES string of the molecule is CN(CCCC(=O)Nc1ccc(Cl)c(N)c1)CC(C)(C)C. The lowest BCUT2D eigenvalue weighted by Crippen LogP contribution is -2.30. The zero-order chi connectivity index (χ0) is 16.0. The summed E-state index contributed by atoms with van der Waals surface area (Å²) >= 11 is 5.85.